The van der Waals surface area contributed by atoms with E-state index in [1.165, 1.54) is 0 Å². The van der Waals surface area contributed by atoms with Gasteiger partial charge in [0.25, 0.3) is 0 Å². The lowest BCUT2D eigenvalue weighted by Crippen LogP contribution is -1.88. The highest BCUT2D eigenvalue weighted by Crippen LogP contribution is 2.30. The maximum Gasteiger partial charge on any atom is 0.123 e. The molecule has 18 heavy (non-hydrogen) atoms. The summed E-state index contributed by atoms with van der Waals surface area (Å²) in [5, 5.41) is 1.14. The summed E-state index contributed by atoms with van der Waals surface area (Å²) in [5.41, 5.74) is 8.92. The summed E-state index contributed by atoms with van der Waals surface area (Å²) in [7, 11) is 1.66. The van der Waals surface area contributed by atoms with Gasteiger partial charge in [-0.25, -0.2) is 4.98 Å². The molecule has 0 bridgehead atoms. The van der Waals surface area contributed by atoms with Gasteiger partial charge in [-0.3, -0.25) is 0 Å². The zero-order chi connectivity index (χ0) is 12.5. The molecule has 0 radical (unpaired) electrons. The number of ether oxygens (including phenoxy) is 1. The maximum absolute atomic E-state index is 5.71. The molecule has 0 spiro atoms. The third kappa shape index (κ3) is 1.68. The van der Waals surface area contributed by atoms with Crippen LogP contribution in [0.5, 0.6) is 5.75 Å². The van der Waals surface area contributed by atoms with Gasteiger partial charge < -0.3 is 15.5 Å². The van der Waals surface area contributed by atoms with Gasteiger partial charge >= 0.3 is 0 Å². The molecule has 2 aromatic heterocycles. The molecule has 0 saturated heterocycles. The molecule has 0 fully saturated rings. The molecule has 1 aromatic carbocycles. The van der Waals surface area contributed by atoms with Crippen LogP contribution in [0, 0.1) is 0 Å². The van der Waals surface area contributed by atoms with Gasteiger partial charge in [-0.05, 0) is 29.8 Å². The van der Waals surface area contributed by atoms with Crippen LogP contribution in [0.2, 0.25) is 0 Å². The van der Waals surface area contributed by atoms with Gasteiger partial charge in [0, 0.05) is 34.9 Å². The molecule has 2 heterocycles. The van der Waals surface area contributed by atoms with Crippen LogP contribution in [0.25, 0.3) is 22.0 Å². The molecule has 0 saturated carbocycles. The summed E-state index contributed by atoms with van der Waals surface area (Å²) < 4.78 is 5.21. The first-order chi connectivity index (χ1) is 8.78. The van der Waals surface area contributed by atoms with E-state index in [9.17, 15) is 0 Å². The first-order valence-corrected chi connectivity index (χ1v) is 5.65. The number of aromatic nitrogens is 2. The van der Waals surface area contributed by atoms with E-state index < -0.39 is 0 Å². The van der Waals surface area contributed by atoms with Crippen molar-refractivity contribution in [1.29, 1.82) is 0 Å². The van der Waals surface area contributed by atoms with Crippen LogP contribution in [0.4, 0.5) is 5.82 Å². The van der Waals surface area contributed by atoms with Gasteiger partial charge in [0.1, 0.15) is 11.6 Å². The van der Waals surface area contributed by atoms with Gasteiger partial charge in [0.15, 0.2) is 0 Å². The number of methoxy groups -OCH3 is 1. The number of nitrogens with zero attached hydrogens (tertiary/aromatic N) is 1. The normalized spacial score (nSPS) is 10.7. The summed E-state index contributed by atoms with van der Waals surface area (Å²) in [6.45, 7) is 0. The molecule has 0 atom stereocenters. The molecule has 4 heteroatoms. The molecule has 3 aromatic rings. The Morgan fingerprint density at radius 2 is 2.11 bits per heavy atom. The second-order valence-electron chi connectivity index (χ2n) is 4.08. The molecule has 4 nitrogen and oxygen atoms in total. The molecular weight excluding hydrogens is 226 g/mol. The van der Waals surface area contributed by atoms with Crippen LogP contribution in [0.3, 0.4) is 0 Å². The number of nitrogens with one attached hydrogen (secondary N) is 1. The van der Waals surface area contributed by atoms with Crippen LogP contribution in [0.15, 0.2) is 42.7 Å². The molecule has 90 valence electrons. The van der Waals surface area contributed by atoms with Crippen LogP contribution in [-0.4, -0.2) is 17.1 Å². The third-order valence-corrected chi connectivity index (χ3v) is 2.98. The zero-order valence-electron chi connectivity index (χ0n) is 9.97. The molecule has 0 unspecified atom stereocenters. The average molecular weight is 239 g/mol. The Balaban J connectivity index is 2.18. The van der Waals surface area contributed by atoms with Crippen molar-refractivity contribution < 1.29 is 4.74 Å². The lowest BCUT2D eigenvalue weighted by molar-refractivity contribution is 0.415. The van der Waals surface area contributed by atoms with Crippen LogP contribution < -0.4 is 10.5 Å². The molecule has 0 aliphatic carbocycles. The van der Waals surface area contributed by atoms with Gasteiger partial charge in [0.2, 0.25) is 0 Å². The summed E-state index contributed by atoms with van der Waals surface area (Å²) in [6, 6.07) is 9.78. The minimum absolute atomic E-state index is 0.523. The summed E-state index contributed by atoms with van der Waals surface area (Å²) in [5.74, 6) is 1.36. The number of nitrogens with two attached hydrogens (primary N) is 1. The predicted octanol–water partition coefficient (Wildman–Crippen LogP) is 2.82. The first kappa shape index (κ1) is 10.7. The fraction of sp³-hybridized carbons (Fsp3) is 0.0714. The van der Waals surface area contributed by atoms with Crippen molar-refractivity contribution in [2.45, 2.75) is 0 Å². The number of pyridine rings is 1. The van der Waals surface area contributed by atoms with Crippen LogP contribution in [0.1, 0.15) is 0 Å². The van der Waals surface area contributed by atoms with Crippen LogP contribution >= 0.6 is 0 Å². The number of nitrogen functional groups attached to an aromatic ring is 1. The number of anilines is 1. The number of H-pyrrole nitrogens is 1. The number of rotatable bonds is 2. The minimum atomic E-state index is 0.523. The number of hydrogen-bond donors (Lipinski definition) is 2. The molecule has 0 aliphatic rings. The second-order valence-corrected chi connectivity index (χ2v) is 4.08. The summed E-state index contributed by atoms with van der Waals surface area (Å²) in [4.78, 5) is 7.24. The van der Waals surface area contributed by atoms with Crippen molar-refractivity contribution in [3.63, 3.8) is 0 Å². The fourth-order valence-electron chi connectivity index (χ4n) is 2.09. The number of aromatic amines is 1. The first-order valence-electron chi connectivity index (χ1n) is 5.65. The molecule has 3 rings (SSSR count). The number of benzene rings is 1. The van der Waals surface area contributed by atoms with Gasteiger partial charge in [-0.2, -0.15) is 0 Å². The SMILES string of the molecule is COc1ccc2c(-c3ccnc(N)c3)c[nH]c2c1. The van der Waals surface area contributed by atoms with E-state index in [4.69, 9.17) is 10.5 Å². The van der Waals surface area contributed by atoms with E-state index in [0.717, 1.165) is 27.8 Å². The maximum atomic E-state index is 5.71. The zero-order valence-corrected chi connectivity index (χ0v) is 9.97. The van der Waals surface area contributed by atoms with Gasteiger partial charge in [-0.1, -0.05) is 0 Å². The van der Waals surface area contributed by atoms with E-state index >= 15 is 0 Å². The topological polar surface area (TPSA) is 63.9 Å². The lowest BCUT2D eigenvalue weighted by Gasteiger charge is -2.02. The van der Waals surface area contributed by atoms with Crippen molar-refractivity contribution in [2.24, 2.45) is 0 Å². The highest BCUT2D eigenvalue weighted by atomic mass is 16.5. The largest absolute Gasteiger partial charge is 0.497 e. The van der Waals surface area contributed by atoms with E-state index in [0.29, 0.717) is 5.82 Å². The second kappa shape index (κ2) is 4.07. The van der Waals surface area contributed by atoms with E-state index in [1.807, 2.05) is 36.5 Å². The Morgan fingerprint density at radius 3 is 2.89 bits per heavy atom. The Hall–Kier alpha value is -2.49. The van der Waals surface area contributed by atoms with E-state index in [1.54, 1.807) is 13.3 Å². The summed E-state index contributed by atoms with van der Waals surface area (Å²) >= 11 is 0. The van der Waals surface area contributed by atoms with Crippen molar-refractivity contribution in [2.75, 3.05) is 12.8 Å². The van der Waals surface area contributed by atoms with Gasteiger partial charge in [-0.15, -0.1) is 0 Å². The number of hydrogen-bond acceptors (Lipinski definition) is 3. The Kier molecular flexibility index (Phi) is 2.41. The van der Waals surface area contributed by atoms with Crippen molar-refractivity contribution >= 4 is 16.7 Å². The van der Waals surface area contributed by atoms with E-state index in [-0.39, 0.29) is 0 Å². The molecule has 0 amide bonds. The Bertz CT molecular complexity index is 703. The molecule has 0 aliphatic heterocycles. The smallest absolute Gasteiger partial charge is 0.123 e. The van der Waals surface area contributed by atoms with Crippen molar-refractivity contribution in [3.05, 3.63) is 42.7 Å². The fourth-order valence-corrected chi connectivity index (χ4v) is 2.09. The molecular formula is C14H13N3O. The third-order valence-electron chi connectivity index (χ3n) is 2.98. The Morgan fingerprint density at radius 1 is 1.22 bits per heavy atom. The minimum Gasteiger partial charge on any atom is -0.497 e. The molecule has 3 N–H and O–H groups in total. The quantitative estimate of drug-likeness (QED) is 0.722. The van der Waals surface area contributed by atoms with Crippen molar-refractivity contribution in [1.82, 2.24) is 9.97 Å². The summed E-state index contributed by atoms with van der Waals surface area (Å²) in [6.07, 6.45) is 3.69. The highest BCUT2D eigenvalue weighted by molar-refractivity contribution is 5.96. The Labute approximate surface area is 104 Å². The van der Waals surface area contributed by atoms with E-state index in [2.05, 4.69) is 9.97 Å². The lowest BCUT2D eigenvalue weighted by atomic mass is 10.1. The predicted molar refractivity (Wildman–Crippen MR) is 72.5 cm³/mol. The monoisotopic (exact) mass is 239 g/mol. The van der Waals surface area contributed by atoms with Crippen molar-refractivity contribution in [3.8, 4) is 16.9 Å². The number of fused-ring (bicyclic) bond motifs is 1. The highest BCUT2D eigenvalue weighted by Gasteiger charge is 2.07. The van der Waals surface area contributed by atoms with Gasteiger partial charge in [0.05, 0.1) is 7.11 Å². The average Bonchev–Trinajstić information content (AvgIpc) is 2.81. The standard InChI is InChI=1S/C14H13N3O/c1-18-10-2-3-11-12(8-17-13(11)7-10)9-4-5-16-14(15)6-9/h2-8,17H,1H3,(H2,15,16). The van der Waals surface area contributed by atoms with Crippen LogP contribution in [-0.2, 0) is 0 Å².